The van der Waals surface area contributed by atoms with E-state index in [1.165, 1.54) is 0 Å². The smallest absolute Gasteiger partial charge is 0.225 e. The van der Waals surface area contributed by atoms with Crippen molar-refractivity contribution in [1.82, 2.24) is 4.90 Å². The quantitative estimate of drug-likeness (QED) is 0.637. The van der Waals surface area contributed by atoms with Crippen LogP contribution in [-0.4, -0.2) is 47.6 Å². The number of anilines is 1. The number of nitrogens with two attached hydrogens (primary N) is 1. The number of carbonyl (C=O) groups excluding carboxylic acids is 1. The lowest BCUT2D eigenvalue weighted by Gasteiger charge is -2.14. The van der Waals surface area contributed by atoms with E-state index in [-0.39, 0.29) is 12.5 Å². The first-order valence-corrected chi connectivity index (χ1v) is 6.43. The molecule has 0 saturated carbocycles. The summed E-state index contributed by atoms with van der Waals surface area (Å²) in [6, 6.07) is 7.13. The maximum absolute atomic E-state index is 11.7. The molecule has 0 bridgehead atoms. The molecule has 0 aromatic heterocycles. The number of amides is 1. The minimum atomic E-state index is -0.0788. The highest BCUT2D eigenvalue weighted by Crippen LogP contribution is 2.10. The summed E-state index contributed by atoms with van der Waals surface area (Å²) in [6.07, 6.45) is 0.369. The lowest BCUT2D eigenvalue weighted by molar-refractivity contribution is -0.116. The molecule has 1 aromatic carbocycles. The van der Waals surface area contributed by atoms with E-state index in [0.29, 0.717) is 30.2 Å². The summed E-state index contributed by atoms with van der Waals surface area (Å²) in [5.74, 6) is -0.0788. The van der Waals surface area contributed by atoms with Crippen molar-refractivity contribution in [3.05, 3.63) is 29.8 Å². The summed E-state index contributed by atoms with van der Waals surface area (Å²) in [6.45, 7) is 1.25. The molecule has 0 fully saturated rings. The van der Waals surface area contributed by atoms with Crippen LogP contribution >= 0.6 is 12.2 Å². The molecule has 1 amide bonds. The zero-order chi connectivity index (χ0) is 14.3. The zero-order valence-corrected chi connectivity index (χ0v) is 11.7. The van der Waals surface area contributed by atoms with Crippen LogP contribution in [-0.2, 0) is 4.79 Å². The van der Waals surface area contributed by atoms with E-state index in [0.717, 1.165) is 5.56 Å². The van der Waals surface area contributed by atoms with Gasteiger partial charge in [-0.15, -0.1) is 0 Å². The normalized spacial score (nSPS) is 10.5. The number of carbonyl (C=O) groups is 1. The van der Waals surface area contributed by atoms with Crippen molar-refractivity contribution in [3.8, 4) is 0 Å². The second kappa shape index (κ2) is 7.83. The van der Waals surface area contributed by atoms with Gasteiger partial charge in [-0.25, -0.2) is 0 Å². The Labute approximate surface area is 118 Å². The van der Waals surface area contributed by atoms with E-state index in [1.54, 1.807) is 24.3 Å². The Bertz CT molecular complexity index is 451. The average Bonchev–Trinajstić information content (AvgIpc) is 2.37. The second-order valence-corrected chi connectivity index (χ2v) is 4.71. The largest absolute Gasteiger partial charge is 0.395 e. The van der Waals surface area contributed by atoms with E-state index in [2.05, 4.69) is 5.32 Å². The van der Waals surface area contributed by atoms with Crippen molar-refractivity contribution in [2.24, 2.45) is 5.73 Å². The summed E-state index contributed by atoms with van der Waals surface area (Å²) < 4.78 is 0. The van der Waals surface area contributed by atoms with E-state index >= 15 is 0 Å². The summed E-state index contributed by atoms with van der Waals surface area (Å²) in [5.41, 5.74) is 6.94. The number of benzene rings is 1. The first-order valence-electron chi connectivity index (χ1n) is 6.02. The average molecular weight is 281 g/mol. The van der Waals surface area contributed by atoms with Crippen LogP contribution in [0.15, 0.2) is 24.3 Å². The Hall–Kier alpha value is -1.50. The first-order chi connectivity index (χ1) is 9.02. The van der Waals surface area contributed by atoms with Gasteiger partial charge in [0.1, 0.15) is 4.99 Å². The standard InChI is InChI=1S/C13H19N3O2S/c1-16(7-8-17)6-5-12(18)15-11-4-2-3-10(9-11)13(14)19/h2-4,9,17H,5-8H2,1H3,(H2,14,19)(H,15,18). The fourth-order valence-corrected chi connectivity index (χ4v) is 1.68. The van der Waals surface area contributed by atoms with Crippen LogP contribution in [0.1, 0.15) is 12.0 Å². The molecule has 4 N–H and O–H groups in total. The van der Waals surface area contributed by atoms with Gasteiger partial charge >= 0.3 is 0 Å². The van der Waals surface area contributed by atoms with Gasteiger partial charge in [0.2, 0.25) is 5.91 Å². The molecular weight excluding hydrogens is 262 g/mol. The van der Waals surface area contributed by atoms with Gasteiger partial charge in [0.05, 0.1) is 6.61 Å². The van der Waals surface area contributed by atoms with Crippen LogP contribution < -0.4 is 11.1 Å². The summed E-state index contributed by atoms with van der Waals surface area (Å²) in [5, 5.41) is 11.5. The molecule has 1 aromatic rings. The summed E-state index contributed by atoms with van der Waals surface area (Å²) >= 11 is 4.88. The van der Waals surface area contributed by atoms with E-state index < -0.39 is 0 Å². The van der Waals surface area contributed by atoms with E-state index in [1.807, 2.05) is 11.9 Å². The molecule has 1 rings (SSSR count). The molecule has 0 spiro atoms. The van der Waals surface area contributed by atoms with Gasteiger partial charge < -0.3 is 21.1 Å². The number of nitrogens with one attached hydrogen (secondary N) is 1. The minimum Gasteiger partial charge on any atom is -0.395 e. The monoisotopic (exact) mass is 281 g/mol. The number of nitrogens with zero attached hydrogens (tertiary/aromatic N) is 1. The third-order valence-corrected chi connectivity index (χ3v) is 2.87. The molecule has 0 aliphatic rings. The maximum Gasteiger partial charge on any atom is 0.225 e. The van der Waals surface area contributed by atoms with Crippen molar-refractivity contribution in [2.45, 2.75) is 6.42 Å². The fourth-order valence-electron chi connectivity index (χ4n) is 1.55. The molecule has 19 heavy (non-hydrogen) atoms. The van der Waals surface area contributed by atoms with Crippen LogP contribution in [0.25, 0.3) is 0 Å². The Kier molecular flexibility index (Phi) is 6.41. The number of hydrogen-bond acceptors (Lipinski definition) is 4. The number of thiocarbonyl (C=S) groups is 1. The van der Waals surface area contributed by atoms with Crippen molar-refractivity contribution < 1.29 is 9.90 Å². The molecule has 0 atom stereocenters. The highest BCUT2D eigenvalue weighted by Gasteiger charge is 2.05. The van der Waals surface area contributed by atoms with Gasteiger partial charge in [-0.05, 0) is 19.2 Å². The van der Waals surface area contributed by atoms with Crippen molar-refractivity contribution in [2.75, 3.05) is 32.1 Å². The lowest BCUT2D eigenvalue weighted by atomic mass is 10.2. The Morgan fingerprint density at radius 3 is 2.84 bits per heavy atom. The molecule has 0 radical (unpaired) electrons. The number of likely N-dealkylation sites (N-methyl/N-ethyl adjacent to an activating group) is 1. The molecular formula is C13H19N3O2S. The van der Waals surface area contributed by atoms with Crippen molar-refractivity contribution in [1.29, 1.82) is 0 Å². The summed E-state index contributed by atoms with van der Waals surface area (Å²) in [7, 11) is 1.86. The van der Waals surface area contributed by atoms with Gasteiger partial charge in [-0.3, -0.25) is 4.79 Å². The predicted octanol–water partition coefficient (Wildman–Crippen LogP) is 0.573. The van der Waals surface area contributed by atoms with Crippen molar-refractivity contribution in [3.63, 3.8) is 0 Å². The van der Waals surface area contributed by atoms with Gasteiger partial charge in [-0.2, -0.15) is 0 Å². The van der Waals surface area contributed by atoms with Crippen LogP contribution in [0.3, 0.4) is 0 Å². The van der Waals surface area contributed by atoms with Crippen LogP contribution in [0.2, 0.25) is 0 Å². The highest BCUT2D eigenvalue weighted by atomic mass is 32.1. The first kappa shape index (κ1) is 15.6. The molecule has 6 heteroatoms. The molecule has 0 unspecified atom stereocenters. The number of rotatable bonds is 7. The molecule has 0 aliphatic heterocycles. The number of aliphatic hydroxyl groups is 1. The Balaban J connectivity index is 2.48. The molecule has 104 valence electrons. The van der Waals surface area contributed by atoms with E-state index in [9.17, 15) is 4.79 Å². The number of aliphatic hydroxyl groups excluding tert-OH is 1. The SMILES string of the molecule is CN(CCO)CCC(=O)Nc1cccc(C(N)=S)c1. The summed E-state index contributed by atoms with van der Waals surface area (Å²) in [4.78, 5) is 13.9. The molecule has 0 heterocycles. The lowest BCUT2D eigenvalue weighted by Crippen LogP contribution is -2.26. The van der Waals surface area contributed by atoms with Gasteiger partial charge in [-0.1, -0.05) is 24.4 Å². The second-order valence-electron chi connectivity index (χ2n) is 4.27. The maximum atomic E-state index is 11.7. The molecule has 0 saturated heterocycles. The topological polar surface area (TPSA) is 78.6 Å². The zero-order valence-electron chi connectivity index (χ0n) is 10.9. The Morgan fingerprint density at radius 2 is 2.21 bits per heavy atom. The third-order valence-electron chi connectivity index (χ3n) is 2.63. The van der Waals surface area contributed by atoms with Crippen LogP contribution in [0.4, 0.5) is 5.69 Å². The van der Waals surface area contributed by atoms with Crippen LogP contribution in [0.5, 0.6) is 0 Å². The minimum absolute atomic E-state index is 0.0788. The van der Waals surface area contributed by atoms with E-state index in [4.69, 9.17) is 23.1 Å². The van der Waals surface area contributed by atoms with Gasteiger partial charge in [0, 0.05) is 30.8 Å². The Morgan fingerprint density at radius 1 is 1.47 bits per heavy atom. The predicted molar refractivity (Wildman–Crippen MR) is 80.2 cm³/mol. The van der Waals surface area contributed by atoms with Gasteiger partial charge in [0.25, 0.3) is 0 Å². The molecule has 0 aliphatic carbocycles. The highest BCUT2D eigenvalue weighted by molar-refractivity contribution is 7.80. The van der Waals surface area contributed by atoms with Crippen molar-refractivity contribution >= 4 is 28.8 Å². The van der Waals surface area contributed by atoms with Gasteiger partial charge in [0.15, 0.2) is 0 Å². The number of hydrogen-bond donors (Lipinski definition) is 3. The fraction of sp³-hybridized carbons (Fsp3) is 0.385. The molecule has 5 nitrogen and oxygen atoms in total. The van der Waals surface area contributed by atoms with Crippen LogP contribution in [0, 0.1) is 0 Å². The third kappa shape index (κ3) is 5.78.